The summed E-state index contributed by atoms with van der Waals surface area (Å²) < 4.78 is 2.14. The first-order valence-electron chi connectivity index (χ1n) is 5.42. The Morgan fingerprint density at radius 1 is 1.56 bits per heavy atom. The zero-order valence-electron chi connectivity index (χ0n) is 9.34. The van der Waals surface area contributed by atoms with E-state index in [-0.39, 0.29) is 6.04 Å². The number of thiazole rings is 1. The molecule has 0 saturated carbocycles. The maximum atomic E-state index is 5.94. The number of rotatable bonds is 5. The minimum Gasteiger partial charge on any atom is -0.330 e. The summed E-state index contributed by atoms with van der Waals surface area (Å²) in [7, 11) is 0. The van der Waals surface area contributed by atoms with Crippen molar-refractivity contribution in [3.05, 3.63) is 34.8 Å². The van der Waals surface area contributed by atoms with Gasteiger partial charge in [0.25, 0.3) is 0 Å². The summed E-state index contributed by atoms with van der Waals surface area (Å²) >= 11 is 1.66. The summed E-state index contributed by atoms with van der Waals surface area (Å²) in [5.41, 5.74) is 7.79. The molecule has 86 valence electrons. The van der Waals surface area contributed by atoms with E-state index in [0.29, 0.717) is 0 Å². The molecule has 0 aromatic carbocycles. The van der Waals surface area contributed by atoms with E-state index in [1.165, 1.54) is 4.88 Å². The molecule has 0 aliphatic heterocycles. The molecule has 0 saturated heterocycles. The molecule has 1 unspecified atom stereocenters. The second-order valence-corrected chi connectivity index (χ2v) is 4.78. The van der Waals surface area contributed by atoms with Gasteiger partial charge in [0.1, 0.15) is 5.82 Å². The van der Waals surface area contributed by atoms with E-state index in [4.69, 9.17) is 5.73 Å². The fourth-order valence-electron chi connectivity index (χ4n) is 1.54. The molecule has 0 radical (unpaired) electrons. The zero-order valence-corrected chi connectivity index (χ0v) is 10.2. The third-order valence-corrected chi connectivity index (χ3v) is 3.34. The summed E-state index contributed by atoms with van der Waals surface area (Å²) in [4.78, 5) is 9.66. The SMILES string of the molecule is CCC(N)Cc1nccn1Cc1cncs1. The first-order chi connectivity index (χ1) is 7.79. The maximum Gasteiger partial charge on any atom is 0.110 e. The Balaban J connectivity index is 2.07. The highest BCUT2D eigenvalue weighted by atomic mass is 32.1. The van der Waals surface area contributed by atoms with Gasteiger partial charge in [-0.3, -0.25) is 4.98 Å². The van der Waals surface area contributed by atoms with E-state index in [1.54, 1.807) is 11.3 Å². The monoisotopic (exact) mass is 236 g/mol. The Hall–Kier alpha value is -1.20. The predicted molar refractivity (Wildman–Crippen MR) is 65.4 cm³/mol. The van der Waals surface area contributed by atoms with Crippen molar-refractivity contribution in [3.8, 4) is 0 Å². The van der Waals surface area contributed by atoms with Crippen LogP contribution >= 0.6 is 11.3 Å². The van der Waals surface area contributed by atoms with E-state index in [1.807, 2.05) is 24.1 Å². The normalized spacial score (nSPS) is 12.9. The minimum absolute atomic E-state index is 0.197. The number of aromatic nitrogens is 3. The van der Waals surface area contributed by atoms with Crippen LogP contribution in [-0.2, 0) is 13.0 Å². The molecule has 2 aromatic rings. The van der Waals surface area contributed by atoms with Crippen molar-refractivity contribution in [2.45, 2.75) is 32.4 Å². The van der Waals surface area contributed by atoms with E-state index in [2.05, 4.69) is 21.5 Å². The number of nitrogens with zero attached hydrogens (tertiary/aromatic N) is 3. The van der Waals surface area contributed by atoms with E-state index < -0.39 is 0 Å². The topological polar surface area (TPSA) is 56.7 Å². The molecule has 0 amide bonds. The van der Waals surface area contributed by atoms with Gasteiger partial charge in [-0.05, 0) is 6.42 Å². The Kier molecular flexibility index (Phi) is 3.69. The van der Waals surface area contributed by atoms with Crippen LogP contribution in [0.3, 0.4) is 0 Å². The summed E-state index contributed by atoms with van der Waals surface area (Å²) in [6, 6.07) is 0.197. The van der Waals surface area contributed by atoms with Crippen LogP contribution in [-0.4, -0.2) is 20.6 Å². The first kappa shape index (κ1) is 11.3. The van der Waals surface area contributed by atoms with Crippen LogP contribution in [0.5, 0.6) is 0 Å². The lowest BCUT2D eigenvalue weighted by atomic mass is 10.1. The van der Waals surface area contributed by atoms with Gasteiger partial charge in [0, 0.05) is 35.9 Å². The summed E-state index contributed by atoms with van der Waals surface area (Å²) in [6.45, 7) is 2.94. The third kappa shape index (κ3) is 2.68. The summed E-state index contributed by atoms with van der Waals surface area (Å²) in [6.07, 6.45) is 7.54. The molecule has 16 heavy (non-hydrogen) atoms. The molecule has 2 aromatic heterocycles. The second kappa shape index (κ2) is 5.23. The summed E-state index contributed by atoms with van der Waals surface area (Å²) in [5, 5.41) is 0. The molecular weight excluding hydrogens is 220 g/mol. The quantitative estimate of drug-likeness (QED) is 0.859. The second-order valence-electron chi connectivity index (χ2n) is 3.81. The third-order valence-electron chi connectivity index (χ3n) is 2.58. The highest BCUT2D eigenvalue weighted by Gasteiger charge is 2.08. The van der Waals surface area contributed by atoms with E-state index >= 15 is 0 Å². The van der Waals surface area contributed by atoms with E-state index in [0.717, 1.165) is 25.2 Å². The highest BCUT2D eigenvalue weighted by Crippen LogP contribution is 2.10. The van der Waals surface area contributed by atoms with Crippen molar-refractivity contribution in [1.29, 1.82) is 0 Å². The first-order valence-corrected chi connectivity index (χ1v) is 6.30. The largest absolute Gasteiger partial charge is 0.330 e. The molecule has 2 heterocycles. The highest BCUT2D eigenvalue weighted by molar-refractivity contribution is 7.09. The minimum atomic E-state index is 0.197. The fourth-order valence-corrected chi connectivity index (χ4v) is 2.13. The number of hydrogen-bond acceptors (Lipinski definition) is 4. The summed E-state index contributed by atoms with van der Waals surface area (Å²) in [5.74, 6) is 1.06. The van der Waals surface area contributed by atoms with Gasteiger partial charge in [-0.15, -0.1) is 11.3 Å². The van der Waals surface area contributed by atoms with Crippen LogP contribution < -0.4 is 5.73 Å². The van der Waals surface area contributed by atoms with Crippen LogP contribution in [0.2, 0.25) is 0 Å². The molecule has 0 spiro atoms. The molecule has 2 N–H and O–H groups in total. The predicted octanol–water partition coefficient (Wildman–Crippen LogP) is 1.67. The molecule has 0 fully saturated rings. The van der Waals surface area contributed by atoms with Crippen molar-refractivity contribution in [3.63, 3.8) is 0 Å². The molecular formula is C11H16N4S. The lowest BCUT2D eigenvalue weighted by Crippen LogP contribution is -2.23. The van der Waals surface area contributed by atoms with Crippen molar-refractivity contribution in [2.75, 3.05) is 0 Å². The zero-order chi connectivity index (χ0) is 11.4. The number of nitrogens with two attached hydrogens (primary N) is 1. The van der Waals surface area contributed by atoms with Crippen LogP contribution in [0.1, 0.15) is 24.0 Å². The van der Waals surface area contributed by atoms with Gasteiger partial charge in [0.15, 0.2) is 0 Å². The van der Waals surface area contributed by atoms with Crippen LogP contribution in [0, 0.1) is 0 Å². The van der Waals surface area contributed by atoms with Gasteiger partial charge in [-0.25, -0.2) is 4.98 Å². The number of hydrogen-bond donors (Lipinski definition) is 1. The number of imidazole rings is 1. The molecule has 0 bridgehead atoms. The molecule has 2 rings (SSSR count). The Labute approximate surface area is 99.2 Å². The van der Waals surface area contributed by atoms with Crippen LogP contribution in [0.4, 0.5) is 0 Å². The van der Waals surface area contributed by atoms with Crippen LogP contribution in [0.25, 0.3) is 0 Å². The Morgan fingerprint density at radius 3 is 3.12 bits per heavy atom. The molecule has 0 aliphatic rings. The lowest BCUT2D eigenvalue weighted by molar-refractivity contribution is 0.598. The van der Waals surface area contributed by atoms with Crippen molar-refractivity contribution < 1.29 is 0 Å². The molecule has 4 nitrogen and oxygen atoms in total. The fraction of sp³-hybridized carbons (Fsp3) is 0.455. The van der Waals surface area contributed by atoms with Gasteiger partial charge in [-0.2, -0.15) is 0 Å². The van der Waals surface area contributed by atoms with Crippen LogP contribution in [0.15, 0.2) is 24.1 Å². The van der Waals surface area contributed by atoms with E-state index in [9.17, 15) is 0 Å². The van der Waals surface area contributed by atoms with Gasteiger partial charge in [-0.1, -0.05) is 6.92 Å². The van der Waals surface area contributed by atoms with Gasteiger partial charge in [0.2, 0.25) is 0 Å². The molecule has 1 atom stereocenters. The van der Waals surface area contributed by atoms with Gasteiger partial charge >= 0.3 is 0 Å². The van der Waals surface area contributed by atoms with Crippen molar-refractivity contribution in [1.82, 2.24) is 14.5 Å². The average molecular weight is 236 g/mol. The average Bonchev–Trinajstić information content (AvgIpc) is 2.92. The lowest BCUT2D eigenvalue weighted by Gasteiger charge is -2.10. The maximum absolute atomic E-state index is 5.94. The molecule has 5 heteroatoms. The standard InChI is InChI=1S/C11H16N4S/c1-2-9(12)5-11-14-3-4-15(11)7-10-6-13-8-16-10/h3-4,6,8-9H,2,5,7,12H2,1H3. The van der Waals surface area contributed by atoms with Crippen molar-refractivity contribution >= 4 is 11.3 Å². The smallest absolute Gasteiger partial charge is 0.110 e. The van der Waals surface area contributed by atoms with Gasteiger partial charge < -0.3 is 10.3 Å². The van der Waals surface area contributed by atoms with Crippen molar-refractivity contribution in [2.24, 2.45) is 5.73 Å². The Morgan fingerprint density at radius 2 is 2.44 bits per heavy atom. The molecule has 0 aliphatic carbocycles. The Bertz CT molecular complexity index is 421. The van der Waals surface area contributed by atoms with Gasteiger partial charge in [0.05, 0.1) is 12.1 Å².